The summed E-state index contributed by atoms with van der Waals surface area (Å²) in [6, 6.07) is 8.42. The van der Waals surface area contributed by atoms with Gasteiger partial charge in [-0.3, -0.25) is 9.59 Å². The molecule has 1 aromatic carbocycles. The molecule has 1 unspecified atom stereocenters. The van der Waals surface area contributed by atoms with Crippen LogP contribution in [0.15, 0.2) is 30.3 Å². The molecule has 5 nitrogen and oxygen atoms in total. The number of hydrogen-bond donors (Lipinski definition) is 2. The Balaban J connectivity index is 2.11. The van der Waals surface area contributed by atoms with Crippen LogP contribution in [0.3, 0.4) is 0 Å². The molecule has 1 amide bonds. The van der Waals surface area contributed by atoms with Gasteiger partial charge in [-0.1, -0.05) is 30.3 Å². The number of carboxylic acids is 1. The zero-order chi connectivity index (χ0) is 14.8. The van der Waals surface area contributed by atoms with Crippen LogP contribution >= 0.6 is 0 Å². The number of carbonyl (C=O) groups excluding carboxylic acids is 1. The highest BCUT2D eigenvalue weighted by Crippen LogP contribution is 2.30. The van der Waals surface area contributed by atoms with E-state index >= 15 is 0 Å². The first-order valence-corrected chi connectivity index (χ1v) is 6.77. The highest BCUT2D eigenvalue weighted by Gasteiger charge is 2.40. The van der Waals surface area contributed by atoms with Crippen molar-refractivity contribution in [1.82, 2.24) is 4.90 Å². The Morgan fingerprint density at radius 1 is 1.35 bits per heavy atom. The molecule has 1 aliphatic heterocycles. The van der Waals surface area contributed by atoms with E-state index in [1.807, 2.05) is 30.3 Å². The quantitative estimate of drug-likeness (QED) is 0.874. The van der Waals surface area contributed by atoms with Gasteiger partial charge in [0.1, 0.15) is 6.04 Å². The van der Waals surface area contributed by atoms with Crippen molar-refractivity contribution in [2.75, 3.05) is 13.1 Å². The van der Waals surface area contributed by atoms with E-state index in [0.29, 0.717) is 19.4 Å². The van der Waals surface area contributed by atoms with Crippen LogP contribution in [-0.2, 0) is 9.59 Å². The fourth-order valence-corrected chi connectivity index (χ4v) is 2.60. The Bertz CT molecular complexity index is 503. The molecule has 2 atom stereocenters. The number of rotatable bonds is 3. The number of carbonyl (C=O) groups is 2. The third kappa shape index (κ3) is 2.82. The second kappa shape index (κ2) is 5.63. The highest BCUT2D eigenvalue weighted by atomic mass is 16.4. The minimum atomic E-state index is -0.871. The molecule has 1 aromatic rings. The molecule has 1 aliphatic rings. The summed E-state index contributed by atoms with van der Waals surface area (Å²) in [4.78, 5) is 25.3. The van der Waals surface area contributed by atoms with Crippen LogP contribution in [-0.4, -0.2) is 35.0 Å². The fourth-order valence-electron chi connectivity index (χ4n) is 2.60. The summed E-state index contributed by atoms with van der Waals surface area (Å²) in [5, 5.41) is 9.28. The van der Waals surface area contributed by atoms with Crippen LogP contribution < -0.4 is 5.73 Å². The molecule has 1 saturated heterocycles. The van der Waals surface area contributed by atoms with Gasteiger partial charge in [-0.15, -0.1) is 0 Å². The fraction of sp³-hybridized carbons (Fsp3) is 0.467. The van der Waals surface area contributed by atoms with Crippen molar-refractivity contribution in [3.63, 3.8) is 0 Å². The number of benzene rings is 1. The van der Waals surface area contributed by atoms with Crippen molar-refractivity contribution >= 4 is 11.9 Å². The lowest BCUT2D eigenvalue weighted by molar-refractivity contribution is -0.153. The molecule has 0 radical (unpaired) electrons. The lowest BCUT2D eigenvalue weighted by Crippen LogP contribution is -2.50. The molecule has 5 heteroatoms. The van der Waals surface area contributed by atoms with Crippen LogP contribution in [0, 0.1) is 5.41 Å². The normalized spacial score (nSPS) is 24.2. The lowest BCUT2D eigenvalue weighted by Gasteiger charge is -2.38. The SMILES string of the molecule is CC1(C(=O)O)CCCN(C(=O)[C@@H](N)c2ccccc2)C1. The maximum absolute atomic E-state index is 12.4. The number of piperidine rings is 1. The maximum Gasteiger partial charge on any atom is 0.311 e. The number of likely N-dealkylation sites (tertiary alicyclic amines) is 1. The largest absolute Gasteiger partial charge is 0.481 e. The molecular weight excluding hydrogens is 256 g/mol. The number of nitrogens with two attached hydrogens (primary N) is 1. The standard InChI is InChI=1S/C15H20N2O3/c1-15(14(19)20)8-5-9-17(10-15)13(18)12(16)11-6-3-2-4-7-11/h2-4,6-7,12H,5,8-10,16H2,1H3,(H,19,20)/t12-,15?/m0/s1. The van der Waals surface area contributed by atoms with Crippen molar-refractivity contribution in [3.8, 4) is 0 Å². The molecule has 0 saturated carbocycles. The van der Waals surface area contributed by atoms with E-state index in [1.165, 1.54) is 0 Å². The Hall–Kier alpha value is -1.88. The molecule has 108 valence electrons. The Morgan fingerprint density at radius 3 is 2.60 bits per heavy atom. The predicted octanol–water partition coefficient (Wildman–Crippen LogP) is 1.40. The van der Waals surface area contributed by atoms with Gasteiger partial charge < -0.3 is 15.7 Å². The van der Waals surface area contributed by atoms with Gasteiger partial charge in [-0.25, -0.2) is 0 Å². The minimum absolute atomic E-state index is 0.205. The van der Waals surface area contributed by atoms with Gasteiger partial charge in [0.05, 0.1) is 5.41 Å². The number of aliphatic carboxylic acids is 1. The Labute approximate surface area is 118 Å². The van der Waals surface area contributed by atoms with Crippen LogP contribution in [0.25, 0.3) is 0 Å². The van der Waals surface area contributed by atoms with Gasteiger partial charge in [0.25, 0.3) is 0 Å². The first-order chi connectivity index (χ1) is 9.44. The first-order valence-electron chi connectivity index (χ1n) is 6.77. The molecule has 0 bridgehead atoms. The highest BCUT2D eigenvalue weighted by molar-refractivity contribution is 5.84. The third-order valence-electron chi connectivity index (χ3n) is 3.95. The van der Waals surface area contributed by atoms with Gasteiger partial charge in [0.2, 0.25) is 5.91 Å². The Morgan fingerprint density at radius 2 is 2.00 bits per heavy atom. The average molecular weight is 276 g/mol. The number of carboxylic acid groups (broad SMARTS) is 1. The summed E-state index contributed by atoms with van der Waals surface area (Å²) in [5.41, 5.74) is 5.87. The maximum atomic E-state index is 12.4. The first kappa shape index (κ1) is 14.5. The average Bonchev–Trinajstić information content (AvgIpc) is 2.46. The van der Waals surface area contributed by atoms with Crippen molar-refractivity contribution in [3.05, 3.63) is 35.9 Å². The van der Waals surface area contributed by atoms with Crippen LogP contribution in [0.2, 0.25) is 0 Å². The van der Waals surface area contributed by atoms with Gasteiger partial charge in [-0.2, -0.15) is 0 Å². The van der Waals surface area contributed by atoms with Crippen LogP contribution in [0.5, 0.6) is 0 Å². The van der Waals surface area contributed by atoms with Gasteiger partial charge in [0.15, 0.2) is 0 Å². The van der Waals surface area contributed by atoms with Crippen molar-refractivity contribution in [2.45, 2.75) is 25.8 Å². The Kier molecular flexibility index (Phi) is 4.09. The molecule has 3 N–H and O–H groups in total. The topological polar surface area (TPSA) is 83.6 Å². The molecular formula is C15H20N2O3. The third-order valence-corrected chi connectivity index (χ3v) is 3.95. The zero-order valence-corrected chi connectivity index (χ0v) is 11.6. The molecule has 0 spiro atoms. The van der Waals surface area contributed by atoms with Gasteiger partial charge in [-0.05, 0) is 25.3 Å². The summed E-state index contributed by atoms with van der Waals surface area (Å²) < 4.78 is 0. The zero-order valence-electron chi connectivity index (χ0n) is 11.6. The molecule has 20 heavy (non-hydrogen) atoms. The van der Waals surface area contributed by atoms with E-state index in [0.717, 1.165) is 5.56 Å². The van der Waals surface area contributed by atoms with E-state index < -0.39 is 17.4 Å². The molecule has 1 heterocycles. The van der Waals surface area contributed by atoms with Crippen molar-refractivity contribution in [1.29, 1.82) is 0 Å². The lowest BCUT2D eigenvalue weighted by atomic mass is 9.81. The van der Waals surface area contributed by atoms with E-state index in [4.69, 9.17) is 5.73 Å². The molecule has 0 aromatic heterocycles. The van der Waals surface area contributed by atoms with Crippen molar-refractivity contribution < 1.29 is 14.7 Å². The monoisotopic (exact) mass is 276 g/mol. The van der Waals surface area contributed by atoms with E-state index in [-0.39, 0.29) is 12.5 Å². The molecule has 2 rings (SSSR count). The second-order valence-electron chi connectivity index (χ2n) is 5.62. The number of amides is 1. The summed E-state index contributed by atoms with van der Waals surface area (Å²) in [5.74, 6) is -1.06. The van der Waals surface area contributed by atoms with Crippen molar-refractivity contribution in [2.24, 2.45) is 11.1 Å². The van der Waals surface area contributed by atoms with Crippen LogP contribution in [0.4, 0.5) is 0 Å². The summed E-state index contributed by atoms with van der Waals surface area (Å²) in [6.45, 7) is 2.48. The van der Waals surface area contributed by atoms with Crippen LogP contribution in [0.1, 0.15) is 31.4 Å². The molecule has 0 aliphatic carbocycles. The second-order valence-corrected chi connectivity index (χ2v) is 5.62. The smallest absolute Gasteiger partial charge is 0.311 e. The van der Waals surface area contributed by atoms with E-state index in [1.54, 1.807) is 11.8 Å². The summed E-state index contributed by atoms with van der Waals surface area (Å²) >= 11 is 0. The predicted molar refractivity (Wildman–Crippen MR) is 74.9 cm³/mol. The summed E-state index contributed by atoms with van der Waals surface area (Å²) in [7, 11) is 0. The van der Waals surface area contributed by atoms with E-state index in [9.17, 15) is 14.7 Å². The van der Waals surface area contributed by atoms with Gasteiger partial charge in [0, 0.05) is 13.1 Å². The molecule has 1 fully saturated rings. The van der Waals surface area contributed by atoms with E-state index in [2.05, 4.69) is 0 Å². The minimum Gasteiger partial charge on any atom is -0.481 e. The number of nitrogens with zero attached hydrogens (tertiary/aromatic N) is 1. The number of hydrogen-bond acceptors (Lipinski definition) is 3. The summed E-state index contributed by atoms with van der Waals surface area (Å²) in [6.07, 6.45) is 1.28. The van der Waals surface area contributed by atoms with Gasteiger partial charge >= 0.3 is 5.97 Å².